The number of Topliss-reactive ketones (excluding diaryl/α,β-unsaturated/α-hetero) is 2. The third-order valence-electron chi connectivity index (χ3n) is 5.19. The van der Waals surface area contributed by atoms with E-state index in [-0.39, 0.29) is 11.6 Å². The van der Waals surface area contributed by atoms with Crippen molar-refractivity contribution in [3.05, 3.63) is 106 Å². The summed E-state index contributed by atoms with van der Waals surface area (Å²) in [4.78, 5) is 25.2. The molecule has 2 nitrogen and oxygen atoms in total. The van der Waals surface area contributed by atoms with Gasteiger partial charge in [0.1, 0.15) is 11.6 Å². The van der Waals surface area contributed by atoms with Crippen LogP contribution in [0.3, 0.4) is 0 Å². The van der Waals surface area contributed by atoms with Crippen molar-refractivity contribution < 1.29 is 9.59 Å². The molecule has 0 spiro atoms. The van der Waals surface area contributed by atoms with Crippen LogP contribution >= 0.6 is 0 Å². The van der Waals surface area contributed by atoms with E-state index < -0.39 is 0 Å². The fourth-order valence-corrected chi connectivity index (χ4v) is 3.49. The van der Waals surface area contributed by atoms with Crippen LogP contribution in [0.5, 0.6) is 0 Å². The van der Waals surface area contributed by atoms with Gasteiger partial charge in [0.25, 0.3) is 0 Å². The summed E-state index contributed by atoms with van der Waals surface area (Å²) >= 11 is 0. The molecule has 28 heavy (non-hydrogen) atoms. The second-order valence-corrected chi connectivity index (χ2v) is 7.41. The Morgan fingerprint density at radius 1 is 0.500 bits per heavy atom. The zero-order valence-corrected chi connectivity index (χ0v) is 16.6. The van der Waals surface area contributed by atoms with Gasteiger partial charge in [0, 0.05) is 25.7 Å². The molecule has 0 aliphatic heterocycles. The van der Waals surface area contributed by atoms with Crippen LogP contribution in [0, 0.1) is 13.8 Å². The highest BCUT2D eigenvalue weighted by Gasteiger charge is 2.13. The van der Waals surface area contributed by atoms with Crippen LogP contribution in [0.4, 0.5) is 0 Å². The summed E-state index contributed by atoms with van der Waals surface area (Å²) in [6.45, 7) is 4.06. The Labute approximate surface area is 167 Å². The molecule has 0 aliphatic carbocycles. The Bertz CT molecular complexity index is 904. The van der Waals surface area contributed by atoms with E-state index in [9.17, 15) is 9.59 Å². The number of carbonyl (C=O) groups is 2. The van der Waals surface area contributed by atoms with Crippen molar-refractivity contribution in [1.29, 1.82) is 0 Å². The first-order valence-electron chi connectivity index (χ1n) is 9.72. The molecule has 3 aromatic rings. The molecule has 0 aromatic heterocycles. The van der Waals surface area contributed by atoms with Crippen LogP contribution in [-0.2, 0) is 35.3 Å². The second-order valence-electron chi connectivity index (χ2n) is 7.41. The van der Waals surface area contributed by atoms with Gasteiger partial charge in [-0.25, -0.2) is 0 Å². The zero-order chi connectivity index (χ0) is 19.9. The van der Waals surface area contributed by atoms with Crippen molar-refractivity contribution in [2.24, 2.45) is 0 Å². The lowest BCUT2D eigenvalue weighted by atomic mass is 9.93. The van der Waals surface area contributed by atoms with E-state index >= 15 is 0 Å². The topological polar surface area (TPSA) is 34.1 Å². The summed E-state index contributed by atoms with van der Waals surface area (Å²) in [7, 11) is 0. The fourth-order valence-electron chi connectivity index (χ4n) is 3.49. The first-order valence-corrected chi connectivity index (χ1v) is 9.72. The van der Waals surface area contributed by atoms with Gasteiger partial charge in [-0.15, -0.1) is 0 Å². The molecule has 0 saturated heterocycles. The van der Waals surface area contributed by atoms with Crippen molar-refractivity contribution in [2.75, 3.05) is 0 Å². The van der Waals surface area contributed by atoms with Gasteiger partial charge in [0.05, 0.1) is 0 Å². The quantitative estimate of drug-likeness (QED) is 0.558. The summed E-state index contributed by atoms with van der Waals surface area (Å²) in [5, 5.41) is 0. The van der Waals surface area contributed by atoms with E-state index in [4.69, 9.17) is 0 Å². The van der Waals surface area contributed by atoms with Crippen molar-refractivity contribution in [3.63, 3.8) is 0 Å². The average molecular weight is 370 g/mol. The molecule has 0 bridgehead atoms. The minimum Gasteiger partial charge on any atom is -0.299 e. The van der Waals surface area contributed by atoms with Crippen LogP contribution in [0.25, 0.3) is 0 Å². The van der Waals surface area contributed by atoms with Crippen LogP contribution in [0.2, 0.25) is 0 Å². The average Bonchev–Trinajstić information content (AvgIpc) is 2.67. The summed E-state index contributed by atoms with van der Waals surface area (Å²) in [6, 6.07) is 23.8. The van der Waals surface area contributed by atoms with Crippen LogP contribution < -0.4 is 0 Å². The molecule has 142 valence electrons. The van der Waals surface area contributed by atoms with Crippen LogP contribution in [0.15, 0.2) is 72.8 Å². The largest absolute Gasteiger partial charge is 0.299 e. The molecule has 0 N–H and O–H groups in total. The van der Waals surface area contributed by atoms with Gasteiger partial charge in [-0.3, -0.25) is 9.59 Å². The van der Waals surface area contributed by atoms with Gasteiger partial charge in [-0.1, -0.05) is 72.8 Å². The van der Waals surface area contributed by atoms with Gasteiger partial charge in [-0.2, -0.15) is 0 Å². The van der Waals surface area contributed by atoms with Crippen LogP contribution in [-0.4, -0.2) is 11.6 Å². The number of hydrogen-bond acceptors (Lipinski definition) is 2. The Hall–Kier alpha value is -3.00. The maximum Gasteiger partial charge on any atom is 0.141 e. The molecule has 0 heterocycles. The maximum atomic E-state index is 12.6. The third kappa shape index (κ3) is 5.26. The monoisotopic (exact) mass is 370 g/mol. The van der Waals surface area contributed by atoms with Crippen molar-refractivity contribution in [1.82, 2.24) is 0 Å². The van der Waals surface area contributed by atoms with Gasteiger partial charge in [-0.05, 0) is 47.2 Å². The Kier molecular flexibility index (Phi) is 6.54. The van der Waals surface area contributed by atoms with Crippen LogP contribution in [0.1, 0.15) is 33.4 Å². The molecule has 0 saturated carbocycles. The predicted molar refractivity (Wildman–Crippen MR) is 114 cm³/mol. The molecule has 0 atom stereocenters. The highest BCUT2D eigenvalue weighted by Crippen LogP contribution is 2.16. The van der Waals surface area contributed by atoms with Gasteiger partial charge in [0.2, 0.25) is 0 Å². The van der Waals surface area contributed by atoms with E-state index in [1.54, 1.807) is 0 Å². The van der Waals surface area contributed by atoms with Crippen molar-refractivity contribution in [2.45, 2.75) is 39.5 Å². The molecule has 3 aromatic carbocycles. The lowest BCUT2D eigenvalue weighted by Crippen LogP contribution is -2.12. The standard InChI is InChI=1S/C26H26O2/c1-19-9-3-5-11-21(19)15-25(27)17-23-13-7-8-14-24(23)18-26(28)16-22-12-6-4-10-20(22)2/h3-14H,15-18H2,1-2H3. The van der Waals surface area contributed by atoms with Crippen molar-refractivity contribution in [3.8, 4) is 0 Å². The smallest absolute Gasteiger partial charge is 0.141 e. The highest BCUT2D eigenvalue weighted by atomic mass is 16.1. The molecular formula is C26H26O2. The predicted octanol–water partition coefficient (Wildman–Crippen LogP) is 5.01. The minimum atomic E-state index is 0.174. The molecule has 0 fully saturated rings. The molecule has 2 heteroatoms. The maximum absolute atomic E-state index is 12.6. The van der Waals surface area contributed by atoms with Gasteiger partial charge in [0.15, 0.2) is 0 Å². The molecule has 0 radical (unpaired) electrons. The number of rotatable bonds is 8. The summed E-state index contributed by atoms with van der Waals surface area (Å²) in [6.07, 6.45) is 1.58. The summed E-state index contributed by atoms with van der Waals surface area (Å²) in [5.74, 6) is 0.348. The Morgan fingerprint density at radius 3 is 1.14 bits per heavy atom. The molecule has 0 amide bonds. The summed E-state index contributed by atoms with van der Waals surface area (Å²) in [5.41, 5.74) is 6.33. The summed E-state index contributed by atoms with van der Waals surface area (Å²) < 4.78 is 0. The number of hydrogen-bond donors (Lipinski definition) is 0. The minimum absolute atomic E-state index is 0.174. The number of carbonyl (C=O) groups excluding carboxylic acids is 2. The zero-order valence-electron chi connectivity index (χ0n) is 16.6. The molecular weight excluding hydrogens is 344 g/mol. The van der Waals surface area contributed by atoms with E-state index in [0.29, 0.717) is 25.7 Å². The SMILES string of the molecule is Cc1ccccc1CC(=O)Cc1ccccc1CC(=O)Cc1ccccc1C. The fraction of sp³-hybridized carbons (Fsp3) is 0.231. The van der Waals surface area contributed by atoms with E-state index in [0.717, 1.165) is 33.4 Å². The van der Waals surface area contributed by atoms with Gasteiger partial charge >= 0.3 is 0 Å². The molecule has 0 unspecified atom stereocenters. The van der Waals surface area contributed by atoms with Gasteiger partial charge < -0.3 is 0 Å². The highest BCUT2D eigenvalue weighted by molar-refractivity contribution is 5.86. The lowest BCUT2D eigenvalue weighted by molar-refractivity contribution is -0.119. The second kappa shape index (κ2) is 9.27. The first-order chi connectivity index (χ1) is 13.5. The number of aryl methyl sites for hydroxylation is 2. The number of ketones is 2. The third-order valence-corrected chi connectivity index (χ3v) is 5.19. The number of benzene rings is 3. The van der Waals surface area contributed by atoms with E-state index in [1.165, 1.54) is 0 Å². The van der Waals surface area contributed by atoms with E-state index in [2.05, 4.69) is 0 Å². The molecule has 3 rings (SSSR count). The van der Waals surface area contributed by atoms with E-state index in [1.807, 2.05) is 86.6 Å². The Morgan fingerprint density at radius 2 is 0.786 bits per heavy atom. The van der Waals surface area contributed by atoms with Crippen molar-refractivity contribution >= 4 is 11.6 Å². The lowest BCUT2D eigenvalue weighted by Gasteiger charge is -2.10. The first kappa shape index (κ1) is 19.8. The normalized spacial score (nSPS) is 10.6. The Balaban J connectivity index is 1.67. The molecule has 0 aliphatic rings.